The molecule has 1 aromatic heterocycles. The highest BCUT2D eigenvalue weighted by atomic mass is 19.1. The maximum atomic E-state index is 13.6. The Morgan fingerprint density at radius 3 is 2.71 bits per heavy atom. The first-order valence-electron chi connectivity index (χ1n) is 10.5. The van der Waals surface area contributed by atoms with E-state index in [0.29, 0.717) is 18.7 Å². The van der Waals surface area contributed by atoms with Gasteiger partial charge in [0.05, 0.1) is 23.3 Å². The smallest absolute Gasteiger partial charge is 0.255 e. The summed E-state index contributed by atoms with van der Waals surface area (Å²) in [4.78, 5) is 32.0. The monoisotopic (exact) mass is 415 g/mol. The van der Waals surface area contributed by atoms with E-state index in [-0.39, 0.29) is 24.2 Å². The van der Waals surface area contributed by atoms with Gasteiger partial charge in [-0.25, -0.2) is 9.37 Å². The molecule has 156 valence electrons. The number of carbonyl (C=O) groups excluding carboxylic acids is 2. The van der Waals surface area contributed by atoms with Crippen LogP contribution in [-0.4, -0.2) is 41.3 Å². The lowest BCUT2D eigenvalue weighted by Crippen LogP contribution is -2.50. The molecule has 6 heteroatoms. The third kappa shape index (κ3) is 3.69. The van der Waals surface area contributed by atoms with Gasteiger partial charge in [0.1, 0.15) is 5.82 Å². The molecule has 0 bridgehead atoms. The van der Waals surface area contributed by atoms with Gasteiger partial charge in [-0.3, -0.25) is 9.59 Å². The number of piperazine rings is 1. The largest absolute Gasteiger partial charge is 0.353 e. The van der Waals surface area contributed by atoms with Gasteiger partial charge in [0, 0.05) is 18.5 Å². The van der Waals surface area contributed by atoms with Crippen LogP contribution in [0.1, 0.15) is 40.0 Å². The number of aromatic nitrogens is 1. The molecule has 0 atom stereocenters. The van der Waals surface area contributed by atoms with Crippen molar-refractivity contribution < 1.29 is 14.0 Å². The summed E-state index contributed by atoms with van der Waals surface area (Å²) in [6, 6.07) is 14.1. The minimum absolute atomic E-state index is 0.0720. The first-order chi connectivity index (χ1) is 15.1. The maximum Gasteiger partial charge on any atom is 0.255 e. The molecule has 0 saturated carbocycles. The molecular weight excluding hydrogens is 393 g/mol. The van der Waals surface area contributed by atoms with Crippen LogP contribution in [0.4, 0.5) is 4.39 Å². The molecular formula is C25H22FN3O2. The van der Waals surface area contributed by atoms with Gasteiger partial charge < -0.3 is 10.2 Å². The van der Waals surface area contributed by atoms with Gasteiger partial charge in [0.15, 0.2) is 0 Å². The zero-order chi connectivity index (χ0) is 21.4. The van der Waals surface area contributed by atoms with E-state index in [4.69, 9.17) is 4.98 Å². The lowest BCUT2D eigenvalue weighted by molar-refractivity contribution is -0.123. The van der Waals surface area contributed by atoms with Crippen molar-refractivity contribution in [1.82, 2.24) is 15.2 Å². The zero-order valence-electron chi connectivity index (χ0n) is 17.0. The Balaban J connectivity index is 1.66. The third-order valence-electron chi connectivity index (χ3n) is 5.92. The number of carbonyl (C=O) groups is 2. The van der Waals surface area contributed by atoms with E-state index in [1.165, 1.54) is 12.1 Å². The molecule has 1 saturated heterocycles. The summed E-state index contributed by atoms with van der Waals surface area (Å²) >= 11 is 0. The molecule has 1 fully saturated rings. The van der Waals surface area contributed by atoms with Gasteiger partial charge in [-0.2, -0.15) is 0 Å². The van der Waals surface area contributed by atoms with Crippen molar-refractivity contribution >= 4 is 34.4 Å². The summed E-state index contributed by atoms with van der Waals surface area (Å²) in [6.07, 6.45) is 4.53. The van der Waals surface area contributed by atoms with E-state index in [9.17, 15) is 14.0 Å². The van der Waals surface area contributed by atoms with Crippen LogP contribution >= 0.6 is 0 Å². The lowest BCUT2D eigenvalue weighted by atomic mass is 9.85. The molecule has 2 amide bonds. The standard InChI is InChI=1S/C25H22FN3O2/c26-18-10-8-16(9-11-18)14-17-4-3-6-20-23(25(31)29-13-12-27-22(30)15-29)19-5-1-2-7-21(19)28-24(17)20/h1-2,5,7-11,14H,3-4,6,12-13,15H2,(H,27,30)/b17-14-. The van der Waals surface area contributed by atoms with Crippen LogP contribution in [0.3, 0.4) is 0 Å². The SMILES string of the molecule is O=C1CN(C(=O)c2c3c(nc4ccccc24)/C(=C\c2ccc(F)cc2)CCC3)CCN1. The summed E-state index contributed by atoms with van der Waals surface area (Å²) in [5.41, 5.74) is 5.13. The Labute approximate surface area is 179 Å². The summed E-state index contributed by atoms with van der Waals surface area (Å²) in [5, 5.41) is 3.59. The normalized spacial score (nSPS) is 17.5. The van der Waals surface area contributed by atoms with Gasteiger partial charge in [-0.05, 0) is 60.2 Å². The van der Waals surface area contributed by atoms with E-state index < -0.39 is 0 Å². The number of amides is 2. The molecule has 0 radical (unpaired) electrons. The molecule has 1 aliphatic heterocycles. The number of allylic oxidation sites excluding steroid dienone is 1. The lowest BCUT2D eigenvalue weighted by Gasteiger charge is -2.29. The highest BCUT2D eigenvalue weighted by Crippen LogP contribution is 2.36. The molecule has 0 unspecified atom stereocenters. The first-order valence-corrected chi connectivity index (χ1v) is 10.5. The fourth-order valence-electron chi connectivity index (χ4n) is 4.45. The second-order valence-corrected chi connectivity index (χ2v) is 7.98. The van der Waals surface area contributed by atoms with Gasteiger partial charge in [0.25, 0.3) is 5.91 Å². The number of nitrogens with zero attached hydrogens (tertiary/aromatic N) is 2. The summed E-state index contributed by atoms with van der Waals surface area (Å²) in [6.45, 7) is 1.03. The van der Waals surface area contributed by atoms with Gasteiger partial charge in [0.2, 0.25) is 5.91 Å². The number of hydrogen-bond donors (Lipinski definition) is 1. The van der Waals surface area contributed by atoms with Crippen LogP contribution in [0.5, 0.6) is 0 Å². The number of pyridine rings is 1. The number of fused-ring (bicyclic) bond motifs is 2. The average molecular weight is 415 g/mol. The number of nitrogens with one attached hydrogen (secondary N) is 1. The van der Waals surface area contributed by atoms with Gasteiger partial charge in [-0.15, -0.1) is 0 Å². The van der Waals surface area contributed by atoms with Crippen LogP contribution in [0, 0.1) is 5.82 Å². The van der Waals surface area contributed by atoms with E-state index in [1.54, 1.807) is 17.0 Å². The van der Waals surface area contributed by atoms with Crippen LogP contribution in [0.25, 0.3) is 22.6 Å². The minimum Gasteiger partial charge on any atom is -0.353 e. The van der Waals surface area contributed by atoms with Crippen molar-refractivity contribution in [3.05, 3.63) is 76.7 Å². The van der Waals surface area contributed by atoms with E-state index in [0.717, 1.165) is 52.6 Å². The summed E-state index contributed by atoms with van der Waals surface area (Å²) in [5.74, 6) is -0.523. The fourth-order valence-corrected chi connectivity index (χ4v) is 4.45. The molecule has 1 aliphatic carbocycles. The van der Waals surface area contributed by atoms with Gasteiger partial charge >= 0.3 is 0 Å². The molecule has 2 aliphatic rings. The topological polar surface area (TPSA) is 62.3 Å². The summed E-state index contributed by atoms with van der Waals surface area (Å²) in [7, 11) is 0. The number of rotatable bonds is 2. The minimum atomic E-state index is -0.270. The van der Waals surface area contributed by atoms with Crippen LogP contribution < -0.4 is 5.32 Å². The average Bonchev–Trinajstić information content (AvgIpc) is 2.79. The Kier molecular flexibility index (Phi) is 4.98. The van der Waals surface area contributed by atoms with Crippen molar-refractivity contribution in [3.63, 3.8) is 0 Å². The number of hydrogen-bond acceptors (Lipinski definition) is 3. The predicted molar refractivity (Wildman–Crippen MR) is 118 cm³/mol. The summed E-state index contributed by atoms with van der Waals surface area (Å²) < 4.78 is 13.3. The van der Waals surface area contributed by atoms with Gasteiger partial charge in [-0.1, -0.05) is 30.3 Å². The second-order valence-electron chi connectivity index (χ2n) is 7.98. The molecule has 0 spiro atoms. The van der Waals surface area contributed by atoms with Crippen molar-refractivity contribution in [2.45, 2.75) is 19.3 Å². The third-order valence-corrected chi connectivity index (χ3v) is 5.92. The number of para-hydroxylation sites is 1. The van der Waals surface area contributed by atoms with Crippen molar-refractivity contribution in [3.8, 4) is 0 Å². The molecule has 1 N–H and O–H groups in total. The molecule has 2 aromatic carbocycles. The Morgan fingerprint density at radius 1 is 1.10 bits per heavy atom. The van der Waals surface area contributed by atoms with Crippen LogP contribution in [0.15, 0.2) is 48.5 Å². The molecule has 5 rings (SSSR count). The Bertz CT molecular complexity index is 1220. The van der Waals surface area contributed by atoms with E-state index in [2.05, 4.69) is 5.32 Å². The zero-order valence-corrected chi connectivity index (χ0v) is 17.0. The maximum absolute atomic E-state index is 13.6. The van der Waals surface area contributed by atoms with Crippen molar-refractivity contribution in [2.75, 3.05) is 19.6 Å². The van der Waals surface area contributed by atoms with Crippen molar-refractivity contribution in [2.24, 2.45) is 0 Å². The molecule has 5 nitrogen and oxygen atoms in total. The molecule has 2 heterocycles. The van der Waals surface area contributed by atoms with E-state index >= 15 is 0 Å². The van der Waals surface area contributed by atoms with E-state index in [1.807, 2.05) is 30.3 Å². The predicted octanol–water partition coefficient (Wildman–Crippen LogP) is 3.82. The van der Waals surface area contributed by atoms with Crippen LogP contribution in [-0.2, 0) is 11.2 Å². The molecule has 31 heavy (non-hydrogen) atoms. The van der Waals surface area contributed by atoms with Crippen molar-refractivity contribution in [1.29, 1.82) is 0 Å². The Hall–Kier alpha value is -3.54. The quantitative estimate of drug-likeness (QED) is 0.692. The first kappa shape index (κ1) is 19.4. The Morgan fingerprint density at radius 2 is 1.90 bits per heavy atom. The van der Waals surface area contributed by atoms with Crippen LogP contribution in [0.2, 0.25) is 0 Å². The highest BCUT2D eigenvalue weighted by Gasteiger charge is 2.29. The second kappa shape index (κ2) is 7.95. The fraction of sp³-hybridized carbons (Fsp3) is 0.240. The number of halogens is 1. The number of benzene rings is 2. The highest BCUT2D eigenvalue weighted by molar-refractivity contribution is 6.10. The molecule has 3 aromatic rings.